The Balaban J connectivity index is 0.793. The minimum Gasteiger partial charge on any atom is -0.396 e. The molecule has 32 nitrogen and oxygen atoms in total. The second-order valence-electron chi connectivity index (χ2n) is 31.9. The van der Waals surface area contributed by atoms with Crippen LogP contribution in [0.5, 0.6) is 0 Å². The second-order valence-corrected chi connectivity index (χ2v) is 31.9. The molecule has 0 aromatic rings. The second kappa shape index (κ2) is 27.9. The van der Waals surface area contributed by atoms with Crippen molar-refractivity contribution >= 4 is 0 Å². The van der Waals surface area contributed by atoms with Crippen LogP contribution in [0.15, 0.2) is 0 Å². The molecule has 20 N–H and O–H groups in total. The average molecular weight is 1400 g/mol. The fourth-order valence-electron chi connectivity index (χ4n) is 20.6. The maximum absolute atomic E-state index is 12.8. The number of hydrogen-bond donors (Lipinski definition) is 20. The third-order valence-corrected chi connectivity index (χ3v) is 26.6. The molecule has 12 rings (SSSR count). The van der Waals surface area contributed by atoms with Gasteiger partial charge in [0.1, 0.15) is 128 Å². The number of aliphatic hydroxyl groups is 20. The third-order valence-electron chi connectivity index (χ3n) is 26.6. The molecule has 12 aliphatic rings. The van der Waals surface area contributed by atoms with E-state index in [0.717, 1.165) is 25.7 Å². The van der Waals surface area contributed by atoms with Gasteiger partial charge in [-0.2, -0.15) is 0 Å². The van der Waals surface area contributed by atoms with Gasteiger partial charge in [-0.05, 0) is 131 Å². The van der Waals surface area contributed by atoms with Crippen LogP contribution in [-0.4, -0.2) is 337 Å². The first-order valence-electron chi connectivity index (χ1n) is 34.8. The smallest absolute Gasteiger partial charge is 0.187 e. The highest BCUT2D eigenvalue weighted by molar-refractivity contribution is 5.31. The van der Waals surface area contributed by atoms with Crippen molar-refractivity contribution in [3.05, 3.63) is 0 Å². The van der Waals surface area contributed by atoms with Gasteiger partial charge in [-0.1, -0.05) is 20.8 Å². The maximum atomic E-state index is 12.8. The van der Waals surface area contributed by atoms with Crippen molar-refractivity contribution in [3.8, 4) is 0 Å². The van der Waals surface area contributed by atoms with Crippen LogP contribution in [0.3, 0.4) is 0 Å². The summed E-state index contributed by atoms with van der Waals surface area (Å²) in [6, 6.07) is 0. The van der Waals surface area contributed by atoms with E-state index in [1.54, 1.807) is 13.8 Å². The SMILES string of the molecule is C[C@@H]1O[C@@H](OC[C@H]2O[C@@H](O[C@H]3CC[C@]45C[C@]46CC[C@]4(C)[C@@H]([C@@H]7[C@@H](O)[C@H](C(C)(C)O)C[C@@H]7O[C@@H]7O[C@H](CO[C@H]8OC[C@@H](O)[C@@H](O)[C@@H]8O)[C@H](O)[C@H](O)[C@H]7O[C@@H]7O[C@H](CO)[C@H](O)[C@H](O)[C@H]7O)CC[C@@]4(C)[C@@H]6CC[C@H]5[C@@]3(C)CO)[C@H](O[C@@H]3O[C@@H](C)[C@H](O)[C@@H](O)[C@H]3O)[C@@H](O)[C@H]2O)[C@H](O)[C@H](O)[C@H]1O. The van der Waals surface area contributed by atoms with Crippen LogP contribution in [0, 0.1) is 56.7 Å². The van der Waals surface area contributed by atoms with E-state index in [0.29, 0.717) is 32.1 Å². The van der Waals surface area contributed by atoms with Crippen molar-refractivity contribution in [2.75, 3.05) is 33.0 Å². The molecule has 42 atom stereocenters. The molecule has 0 radical (unpaired) electrons. The molecule has 560 valence electrons. The monoisotopic (exact) mass is 1400 g/mol. The molecule has 6 aliphatic heterocycles. The Labute approximate surface area is 561 Å². The van der Waals surface area contributed by atoms with Crippen LogP contribution in [0.4, 0.5) is 0 Å². The Hall–Kier alpha value is -1.28. The van der Waals surface area contributed by atoms with Crippen molar-refractivity contribution in [2.45, 2.75) is 315 Å². The molecule has 6 saturated carbocycles. The Kier molecular flexibility index (Phi) is 21.7. The number of hydrogen-bond acceptors (Lipinski definition) is 32. The van der Waals surface area contributed by atoms with E-state index in [-0.39, 0.29) is 47.0 Å². The first-order chi connectivity index (χ1) is 45.5. The van der Waals surface area contributed by atoms with Gasteiger partial charge in [0.2, 0.25) is 0 Å². The normalized spacial score (nSPS) is 57.9. The van der Waals surface area contributed by atoms with E-state index < -0.39 is 251 Å². The van der Waals surface area contributed by atoms with Crippen molar-refractivity contribution in [1.82, 2.24) is 0 Å². The van der Waals surface area contributed by atoms with Crippen LogP contribution in [-0.2, 0) is 56.8 Å². The molecular weight excluding hydrogens is 1290 g/mol. The van der Waals surface area contributed by atoms with Gasteiger partial charge < -0.3 is 159 Å². The lowest BCUT2D eigenvalue weighted by Gasteiger charge is -2.64. The van der Waals surface area contributed by atoms with Crippen molar-refractivity contribution in [2.24, 2.45) is 56.7 Å². The fourth-order valence-corrected chi connectivity index (χ4v) is 20.6. The highest BCUT2D eigenvalue weighted by atomic mass is 16.8. The van der Waals surface area contributed by atoms with Crippen LogP contribution in [0.2, 0.25) is 0 Å². The van der Waals surface area contributed by atoms with Gasteiger partial charge in [0.05, 0.1) is 69.2 Å². The Morgan fingerprint density at radius 2 is 0.938 bits per heavy atom. The summed E-state index contributed by atoms with van der Waals surface area (Å²) in [6.07, 6.45) is -44.1. The molecule has 6 saturated heterocycles. The van der Waals surface area contributed by atoms with Crippen LogP contribution < -0.4 is 0 Å². The lowest BCUT2D eigenvalue weighted by Crippen LogP contribution is -2.66. The largest absolute Gasteiger partial charge is 0.396 e. The van der Waals surface area contributed by atoms with Crippen LogP contribution >= 0.6 is 0 Å². The lowest BCUT2D eigenvalue weighted by atomic mass is 9.41. The van der Waals surface area contributed by atoms with E-state index in [9.17, 15) is 102 Å². The van der Waals surface area contributed by atoms with Crippen LogP contribution in [0.1, 0.15) is 113 Å². The van der Waals surface area contributed by atoms with E-state index in [4.69, 9.17) is 56.8 Å². The van der Waals surface area contributed by atoms with E-state index in [1.165, 1.54) is 13.8 Å². The molecule has 0 aromatic heterocycles. The first-order valence-corrected chi connectivity index (χ1v) is 34.8. The van der Waals surface area contributed by atoms with E-state index >= 15 is 0 Å². The number of ether oxygens (including phenoxy) is 12. The topological polar surface area (TPSA) is 515 Å². The molecule has 12 fully saturated rings. The van der Waals surface area contributed by atoms with Gasteiger partial charge >= 0.3 is 0 Å². The quantitative estimate of drug-likeness (QED) is 0.0568. The minimum atomic E-state index is -1.96. The lowest BCUT2D eigenvalue weighted by molar-refractivity contribution is -0.380. The Morgan fingerprint density at radius 1 is 0.443 bits per heavy atom. The van der Waals surface area contributed by atoms with Gasteiger partial charge in [0.25, 0.3) is 0 Å². The zero-order valence-electron chi connectivity index (χ0n) is 55.8. The van der Waals surface area contributed by atoms with Gasteiger partial charge in [0, 0.05) is 17.3 Å². The molecule has 6 heterocycles. The predicted octanol–water partition coefficient (Wildman–Crippen LogP) is -6.47. The molecule has 32 heteroatoms. The number of rotatable bonds is 18. The Morgan fingerprint density at radius 3 is 1.52 bits per heavy atom. The van der Waals surface area contributed by atoms with E-state index in [2.05, 4.69) is 13.8 Å². The average Bonchev–Trinajstić information content (AvgIpc) is 1.46. The van der Waals surface area contributed by atoms with Gasteiger partial charge in [0.15, 0.2) is 37.7 Å². The molecular formula is C65H108O32. The first kappa shape index (κ1) is 75.4. The van der Waals surface area contributed by atoms with Crippen molar-refractivity contribution < 1.29 is 159 Å². The molecule has 2 spiro atoms. The summed E-state index contributed by atoms with van der Waals surface area (Å²) in [7, 11) is 0. The standard InChI is InChI=1S/C65H108O32/c1-23-36(69)43(76)49(82)55(89-23)88-20-31-42(75)47(80)53(96-56-50(83)44(77)37(70)24(2)90-56)59(94-31)95-34-11-13-64-21-65(64)15-14-62(6)25(10-12-63(62,7)33(65)9-8-32(64)61(34,5)22-67)35-28(16-26(38(35)71)60(3,4)85)91-58-52(97-57-51(84)45(78)40(73)29(17-66)92-57)46(79)41(74)30(93-58)19-87-54-48(81)39(72)27(68)18-86-54/h23-59,66-85H,8-22H2,1-7H3/t23-,24-,25+,26+,27+,28-,29+,30+,31+,32-,33-,34-,35-,36-,37-,38-,39+,40-,41-,42-,43+,44+,45-,46-,47-,48-,49+,50+,51+,52+,53+,54+,55+,56-,57-,58+,59-,61+,62+,63-,64+,65-/m0/s1. The van der Waals surface area contributed by atoms with Gasteiger partial charge in [-0.3, -0.25) is 0 Å². The summed E-state index contributed by atoms with van der Waals surface area (Å²) in [6.45, 7) is 9.95. The summed E-state index contributed by atoms with van der Waals surface area (Å²) in [5.41, 5.74) is -3.78. The summed E-state index contributed by atoms with van der Waals surface area (Å²) < 4.78 is 73.3. The van der Waals surface area contributed by atoms with Gasteiger partial charge in [-0.25, -0.2) is 0 Å². The highest BCUT2D eigenvalue weighted by Gasteiger charge is 2.83. The number of aliphatic hydroxyl groups excluding tert-OH is 19. The zero-order valence-corrected chi connectivity index (χ0v) is 55.8. The highest BCUT2D eigenvalue weighted by Crippen LogP contribution is 2.89. The fraction of sp³-hybridized carbons (Fsp3) is 1.00. The summed E-state index contributed by atoms with van der Waals surface area (Å²) in [4.78, 5) is 0. The molecule has 0 unspecified atom stereocenters. The van der Waals surface area contributed by atoms with Crippen LogP contribution in [0.25, 0.3) is 0 Å². The molecule has 0 bridgehead atoms. The molecule has 97 heavy (non-hydrogen) atoms. The van der Waals surface area contributed by atoms with E-state index in [1.807, 2.05) is 6.92 Å². The summed E-state index contributed by atoms with van der Waals surface area (Å²) in [5.74, 6) is -1.76. The molecule has 0 aromatic carbocycles. The molecule has 0 amide bonds. The summed E-state index contributed by atoms with van der Waals surface area (Å²) in [5, 5.41) is 222. The summed E-state index contributed by atoms with van der Waals surface area (Å²) >= 11 is 0. The molecule has 6 aliphatic carbocycles. The zero-order chi connectivity index (χ0) is 70.5. The Bertz CT molecular complexity index is 2670. The van der Waals surface area contributed by atoms with Gasteiger partial charge in [-0.15, -0.1) is 0 Å². The van der Waals surface area contributed by atoms with Crippen molar-refractivity contribution in [3.63, 3.8) is 0 Å². The maximum Gasteiger partial charge on any atom is 0.187 e. The van der Waals surface area contributed by atoms with Crippen molar-refractivity contribution in [1.29, 1.82) is 0 Å². The number of fused-ring (bicyclic) bond motifs is 2. The third kappa shape index (κ3) is 12.6. The predicted molar refractivity (Wildman–Crippen MR) is 321 cm³/mol. The minimum absolute atomic E-state index is 0.0553.